The van der Waals surface area contributed by atoms with Crippen molar-refractivity contribution in [3.63, 3.8) is 0 Å². The van der Waals surface area contributed by atoms with Gasteiger partial charge in [0.25, 0.3) is 5.91 Å². The van der Waals surface area contributed by atoms with Crippen LogP contribution < -0.4 is 15.2 Å². The van der Waals surface area contributed by atoms with Crippen molar-refractivity contribution in [3.8, 4) is 0 Å². The molecule has 0 atom stereocenters. The molecule has 3 rings (SSSR count). The molecular weight excluding hydrogens is 510 g/mol. The molecule has 10 nitrogen and oxygen atoms in total. The van der Waals surface area contributed by atoms with Gasteiger partial charge in [-0.2, -0.15) is 0 Å². The number of sulfonamides is 2. The molecule has 0 fully saturated rings. The van der Waals surface area contributed by atoms with Gasteiger partial charge < -0.3 is 10.7 Å². The lowest BCUT2D eigenvalue weighted by atomic mass is 10.2. The molecule has 31 heavy (non-hydrogen) atoms. The number of nitrogens with zero attached hydrogens (tertiary/aromatic N) is 1. The highest BCUT2D eigenvalue weighted by Gasteiger charge is 2.27. The number of nitrogens with two attached hydrogens (primary N) is 1. The van der Waals surface area contributed by atoms with Gasteiger partial charge in [-0.15, -0.1) is 0 Å². The number of fused-ring (bicyclic) bond motifs is 1. The summed E-state index contributed by atoms with van der Waals surface area (Å²) >= 11 is 3.26. The van der Waals surface area contributed by atoms with E-state index in [9.17, 15) is 21.6 Å². The summed E-state index contributed by atoms with van der Waals surface area (Å²) in [4.78, 5) is 17.3. The highest BCUT2D eigenvalue weighted by molar-refractivity contribution is 9.10. The standard InChI is InChI=1S/C18H16BrN5O5S2/c1-21-12-3-5-13(6-4-12)30(26,27)22-8-9-23-31(28,29)17-14-10-11(19)2-7-15(14)24-16(17)18(20)25/h2-7,10,22-24H,8-9H2,(H2,20,25). The fraction of sp³-hybridized carbons (Fsp3) is 0.111. The van der Waals surface area contributed by atoms with Crippen LogP contribution in [0.5, 0.6) is 0 Å². The quantitative estimate of drug-likeness (QED) is 0.260. The van der Waals surface area contributed by atoms with E-state index >= 15 is 0 Å². The van der Waals surface area contributed by atoms with Crippen molar-refractivity contribution < 1.29 is 21.6 Å². The molecule has 1 heterocycles. The fourth-order valence-electron chi connectivity index (χ4n) is 2.82. The molecule has 0 saturated carbocycles. The van der Waals surface area contributed by atoms with E-state index in [1.54, 1.807) is 12.1 Å². The van der Waals surface area contributed by atoms with E-state index in [4.69, 9.17) is 12.3 Å². The lowest BCUT2D eigenvalue weighted by Crippen LogP contribution is -2.35. The van der Waals surface area contributed by atoms with Crippen LogP contribution in [0.2, 0.25) is 0 Å². The Bertz CT molecular complexity index is 1410. The number of halogens is 1. The number of aromatic nitrogens is 1. The number of carbonyl (C=O) groups is 1. The van der Waals surface area contributed by atoms with E-state index in [1.807, 2.05) is 0 Å². The van der Waals surface area contributed by atoms with Crippen LogP contribution in [-0.4, -0.2) is 40.8 Å². The Balaban J connectivity index is 1.76. The minimum atomic E-state index is -4.20. The molecule has 0 saturated heterocycles. The second-order valence-electron chi connectivity index (χ2n) is 6.28. The van der Waals surface area contributed by atoms with Crippen LogP contribution in [0.15, 0.2) is 56.7 Å². The van der Waals surface area contributed by atoms with Gasteiger partial charge in [0.2, 0.25) is 20.0 Å². The van der Waals surface area contributed by atoms with Crippen LogP contribution in [0, 0.1) is 6.57 Å². The summed E-state index contributed by atoms with van der Waals surface area (Å²) in [5.41, 5.74) is 5.75. The summed E-state index contributed by atoms with van der Waals surface area (Å²) in [7, 11) is -8.09. The average molecular weight is 526 g/mol. The van der Waals surface area contributed by atoms with Gasteiger partial charge in [-0.1, -0.05) is 40.2 Å². The molecule has 3 aromatic rings. The Morgan fingerprint density at radius 3 is 2.23 bits per heavy atom. The van der Waals surface area contributed by atoms with Crippen molar-refractivity contribution in [3.05, 3.63) is 64.0 Å². The molecule has 13 heteroatoms. The van der Waals surface area contributed by atoms with Gasteiger partial charge in [-0.3, -0.25) is 4.79 Å². The average Bonchev–Trinajstić information content (AvgIpc) is 3.11. The maximum Gasteiger partial charge on any atom is 0.266 e. The zero-order chi connectivity index (χ0) is 22.8. The van der Waals surface area contributed by atoms with Crippen molar-refractivity contribution in [2.75, 3.05) is 13.1 Å². The largest absolute Gasteiger partial charge is 0.364 e. The summed E-state index contributed by atoms with van der Waals surface area (Å²) in [5, 5.41) is 0.260. The smallest absolute Gasteiger partial charge is 0.266 e. The SMILES string of the molecule is [C-]#[N+]c1ccc(S(=O)(=O)NCCNS(=O)(=O)c2c(C(N)=O)[nH]c3ccc(Br)cc23)cc1. The Kier molecular flexibility index (Phi) is 6.48. The maximum absolute atomic E-state index is 12.8. The number of amides is 1. The number of H-pyrrole nitrogens is 1. The first-order chi connectivity index (χ1) is 14.5. The first-order valence-corrected chi connectivity index (χ1v) is 12.4. The van der Waals surface area contributed by atoms with Crippen LogP contribution in [0.3, 0.4) is 0 Å². The molecule has 0 bridgehead atoms. The van der Waals surface area contributed by atoms with Crippen LogP contribution in [-0.2, 0) is 20.0 Å². The highest BCUT2D eigenvalue weighted by atomic mass is 79.9. The van der Waals surface area contributed by atoms with Crippen LogP contribution in [0.4, 0.5) is 5.69 Å². The zero-order valence-corrected chi connectivity index (χ0v) is 18.9. The van der Waals surface area contributed by atoms with Gasteiger partial charge in [0.1, 0.15) is 10.6 Å². The van der Waals surface area contributed by atoms with E-state index in [2.05, 4.69) is 35.2 Å². The topological polar surface area (TPSA) is 156 Å². The number of rotatable bonds is 8. The van der Waals surface area contributed by atoms with E-state index in [0.717, 1.165) is 0 Å². The van der Waals surface area contributed by atoms with E-state index in [-0.39, 0.29) is 34.0 Å². The molecule has 0 spiro atoms. The molecule has 0 unspecified atom stereocenters. The van der Waals surface area contributed by atoms with Gasteiger partial charge in [0.05, 0.1) is 11.5 Å². The van der Waals surface area contributed by atoms with E-state index in [0.29, 0.717) is 15.7 Å². The summed E-state index contributed by atoms with van der Waals surface area (Å²) in [6, 6.07) is 10.1. The molecule has 0 aliphatic heterocycles. The Labute approximate surface area is 186 Å². The Morgan fingerprint density at radius 1 is 1.03 bits per heavy atom. The third-order valence-electron chi connectivity index (χ3n) is 4.21. The first-order valence-electron chi connectivity index (χ1n) is 8.63. The third kappa shape index (κ3) is 4.94. The summed E-state index contributed by atoms with van der Waals surface area (Å²) < 4.78 is 55.5. The minimum absolute atomic E-state index is 0.0553. The Morgan fingerprint density at radius 2 is 1.65 bits per heavy atom. The van der Waals surface area contributed by atoms with Crippen LogP contribution >= 0.6 is 15.9 Å². The number of carbonyl (C=O) groups excluding carboxylic acids is 1. The predicted octanol–water partition coefficient (Wildman–Crippen LogP) is 1.84. The lowest BCUT2D eigenvalue weighted by molar-refractivity contribution is 0.0993. The molecule has 0 aliphatic carbocycles. The van der Waals surface area contributed by atoms with Gasteiger partial charge in [-0.05, 0) is 18.2 Å². The molecule has 0 aliphatic rings. The number of hydrogen-bond acceptors (Lipinski definition) is 5. The molecule has 1 amide bonds. The minimum Gasteiger partial charge on any atom is -0.364 e. The van der Waals surface area contributed by atoms with Gasteiger partial charge in [0, 0.05) is 28.5 Å². The molecule has 162 valence electrons. The van der Waals surface area contributed by atoms with Gasteiger partial charge in [-0.25, -0.2) is 31.1 Å². The molecular formula is C18H16BrN5O5S2. The van der Waals surface area contributed by atoms with Gasteiger partial charge >= 0.3 is 0 Å². The summed E-state index contributed by atoms with van der Waals surface area (Å²) in [6.45, 7) is 6.37. The second-order valence-corrected chi connectivity index (χ2v) is 10.7. The molecule has 0 radical (unpaired) electrons. The van der Waals surface area contributed by atoms with Crippen molar-refractivity contribution in [2.24, 2.45) is 5.73 Å². The van der Waals surface area contributed by atoms with Crippen LogP contribution in [0.1, 0.15) is 10.5 Å². The van der Waals surface area contributed by atoms with Crippen molar-refractivity contribution in [1.82, 2.24) is 14.4 Å². The monoisotopic (exact) mass is 525 g/mol. The van der Waals surface area contributed by atoms with Gasteiger partial charge in [0.15, 0.2) is 5.69 Å². The molecule has 2 aromatic carbocycles. The summed E-state index contributed by atoms with van der Waals surface area (Å²) in [6.07, 6.45) is 0. The molecule has 5 N–H and O–H groups in total. The normalized spacial score (nSPS) is 12.0. The fourth-order valence-corrected chi connectivity index (χ4v) is 5.60. The summed E-state index contributed by atoms with van der Waals surface area (Å²) in [5.74, 6) is -0.948. The number of benzene rings is 2. The number of aromatic amines is 1. The lowest BCUT2D eigenvalue weighted by Gasteiger charge is -2.09. The number of hydrogen-bond donors (Lipinski definition) is 4. The van der Waals surface area contributed by atoms with Crippen LogP contribution in [0.25, 0.3) is 15.7 Å². The highest BCUT2D eigenvalue weighted by Crippen LogP contribution is 2.29. The predicted molar refractivity (Wildman–Crippen MR) is 118 cm³/mol. The Hall–Kier alpha value is -2.76. The molecule has 1 aromatic heterocycles. The van der Waals surface area contributed by atoms with Crippen molar-refractivity contribution >= 4 is 58.5 Å². The van der Waals surface area contributed by atoms with Crippen molar-refractivity contribution in [1.29, 1.82) is 0 Å². The number of primary amides is 1. The van der Waals surface area contributed by atoms with E-state index in [1.165, 1.54) is 30.3 Å². The zero-order valence-electron chi connectivity index (χ0n) is 15.7. The first kappa shape index (κ1) is 22.9. The third-order valence-corrected chi connectivity index (χ3v) is 7.73. The second kappa shape index (κ2) is 8.77. The van der Waals surface area contributed by atoms with E-state index < -0.39 is 26.0 Å². The number of nitrogens with one attached hydrogen (secondary N) is 3. The maximum atomic E-state index is 12.8. The van der Waals surface area contributed by atoms with Crippen molar-refractivity contribution in [2.45, 2.75) is 9.79 Å².